The van der Waals surface area contributed by atoms with Crippen molar-refractivity contribution in [1.82, 2.24) is 19.8 Å². The number of carbonyl (C=O) groups is 1. The Kier molecular flexibility index (Phi) is 8.84. The van der Waals surface area contributed by atoms with Crippen molar-refractivity contribution in [2.45, 2.75) is 32.9 Å². The van der Waals surface area contributed by atoms with E-state index in [0.29, 0.717) is 50.6 Å². The predicted octanol–water partition coefficient (Wildman–Crippen LogP) is 6.97. The van der Waals surface area contributed by atoms with Crippen LogP contribution >= 0.6 is 11.6 Å². The van der Waals surface area contributed by atoms with E-state index in [2.05, 4.69) is 34.3 Å². The summed E-state index contributed by atoms with van der Waals surface area (Å²) in [6, 6.07) is 16.6. The van der Waals surface area contributed by atoms with Crippen molar-refractivity contribution in [3.05, 3.63) is 106 Å². The number of piperidine rings is 1. The first-order valence-electron chi connectivity index (χ1n) is 13.8. The first-order valence-corrected chi connectivity index (χ1v) is 14.1. The predicted molar refractivity (Wildman–Crippen MR) is 167 cm³/mol. The SMILES string of the molecule is C.CN(C)C1CCN(C(=O)c2cccc(Nc3ncc4c(n3)-c3ccc(Cl)cc3C(c3c(F)cccc3F)=NC4)c2)CC1. The molecule has 1 saturated heterocycles. The lowest BCUT2D eigenvalue weighted by Gasteiger charge is -2.35. The Labute approximate surface area is 255 Å². The van der Waals surface area contributed by atoms with Gasteiger partial charge in [0.25, 0.3) is 5.91 Å². The zero-order valence-electron chi connectivity index (χ0n) is 23.2. The highest BCUT2D eigenvalue weighted by Crippen LogP contribution is 2.35. The minimum absolute atomic E-state index is 0. The van der Waals surface area contributed by atoms with Gasteiger partial charge < -0.3 is 15.1 Å². The average Bonchev–Trinajstić information content (AvgIpc) is 3.13. The molecule has 1 amide bonds. The lowest BCUT2D eigenvalue weighted by molar-refractivity contribution is 0.0663. The highest BCUT2D eigenvalue weighted by atomic mass is 35.5. The summed E-state index contributed by atoms with van der Waals surface area (Å²) in [6.45, 7) is 1.56. The second-order valence-corrected chi connectivity index (χ2v) is 11.1. The lowest BCUT2D eigenvalue weighted by Crippen LogP contribution is -2.44. The van der Waals surface area contributed by atoms with Crippen LogP contribution in [0.5, 0.6) is 0 Å². The standard InChI is InChI=1S/C32H29ClF2N6O.CH4/c1-40(2)23-11-13-41(14-12-23)31(42)19-5-3-6-22(15-19)38-32-37-18-20-17-36-30(28-26(34)7-4-8-27(28)35)25-16-21(33)9-10-24(25)29(20)39-32;/h3-10,15-16,18,23H,11-14,17H2,1-2H3,(H,37,38,39);1H4. The molecule has 0 spiro atoms. The van der Waals surface area contributed by atoms with Crippen LogP contribution in [0.2, 0.25) is 5.02 Å². The Bertz CT molecular complexity index is 1680. The summed E-state index contributed by atoms with van der Waals surface area (Å²) in [7, 11) is 4.15. The second-order valence-electron chi connectivity index (χ2n) is 10.7. The summed E-state index contributed by atoms with van der Waals surface area (Å²) in [5, 5.41) is 3.62. The van der Waals surface area contributed by atoms with Gasteiger partial charge in [0.15, 0.2) is 0 Å². The number of aromatic nitrogens is 2. The molecular weight excluding hydrogens is 570 g/mol. The summed E-state index contributed by atoms with van der Waals surface area (Å²) in [4.78, 5) is 31.2. The molecule has 0 atom stereocenters. The minimum Gasteiger partial charge on any atom is -0.339 e. The summed E-state index contributed by atoms with van der Waals surface area (Å²) >= 11 is 6.32. The number of amides is 1. The molecule has 6 rings (SSSR count). The molecule has 1 N–H and O–H groups in total. The number of nitrogens with zero attached hydrogens (tertiary/aromatic N) is 5. The topological polar surface area (TPSA) is 73.7 Å². The average molecular weight is 603 g/mol. The van der Waals surface area contributed by atoms with Gasteiger partial charge in [0.1, 0.15) is 11.6 Å². The van der Waals surface area contributed by atoms with Crippen LogP contribution in [0.4, 0.5) is 20.4 Å². The third-order valence-corrected chi connectivity index (χ3v) is 8.05. The molecule has 2 aliphatic rings. The summed E-state index contributed by atoms with van der Waals surface area (Å²) < 4.78 is 29.7. The fourth-order valence-electron chi connectivity index (χ4n) is 5.55. The molecule has 4 aromatic rings. The molecule has 7 nitrogen and oxygen atoms in total. The summed E-state index contributed by atoms with van der Waals surface area (Å²) in [6.07, 6.45) is 3.54. The van der Waals surface area contributed by atoms with Gasteiger partial charge in [0.2, 0.25) is 5.95 Å². The molecule has 222 valence electrons. The van der Waals surface area contributed by atoms with E-state index in [0.717, 1.165) is 25.9 Å². The van der Waals surface area contributed by atoms with Crippen molar-refractivity contribution >= 4 is 34.9 Å². The quantitative estimate of drug-likeness (QED) is 0.267. The van der Waals surface area contributed by atoms with Crippen molar-refractivity contribution in [2.24, 2.45) is 4.99 Å². The first-order chi connectivity index (χ1) is 20.3. The Hall–Kier alpha value is -4.21. The number of rotatable bonds is 5. The van der Waals surface area contributed by atoms with E-state index in [4.69, 9.17) is 16.6 Å². The zero-order valence-corrected chi connectivity index (χ0v) is 24.0. The van der Waals surface area contributed by atoms with Crippen molar-refractivity contribution in [3.8, 4) is 11.3 Å². The van der Waals surface area contributed by atoms with Gasteiger partial charge in [-0.15, -0.1) is 0 Å². The van der Waals surface area contributed by atoms with E-state index in [-0.39, 0.29) is 31.2 Å². The number of halogens is 3. The molecule has 0 saturated carbocycles. The van der Waals surface area contributed by atoms with Gasteiger partial charge in [-0.3, -0.25) is 9.79 Å². The number of fused-ring (bicyclic) bond motifs is 3. The largest absolute Gasteiger partial charge is 0.339 e. The first kappa shape index (κ1) is 30.3. The van der Waals surface area contributed by atoms with Crippen molar-refractivity contribution in [1.29, 1.82) is 0 Å². The molecule has 0 radical (unpaired) electrons. The third-order valence-electron chi connectivity index (χ3n) is 7.81. The highest BCUT2D eigenvalue weighted by Gasteiger charge is 2.26. The number of likely N-dealkylation sites (tertiary alicyclic amines) is 1. The minimum atomic E-state index is -0.712. The van der Waals surface area contributed by atoms with Crippen molar-refractivity contribution in [2.75, 3.05) is 32.5 Å². The number of anilines is 2. The summed E-state index contributed by atoms with van der Waals surface area (Å²) in [5.41, 5.74) is 3.57. The van der Waals surface area contributed by atoms with E-state index in [1.807, 2.05) is 23.1 Å². The maximum atomic E-state index is 14.8. The molecule has 0 bridgehead atoms. The molecule has 2 aliphatic heterocycles. The van der Waals surface area contributed by atoms with Gasteiger partial charge >= 0.3 is 0 Å². The van der Waals surface area contributed by atoms with Crippen LogP contribution in [-0.2, 0) is 6.54 Å². The van der Waals surface area contributed by atoms with Gasteiger partial charge in [0, 0.05) is 58.3 Å². The maximum Gasteiger partial charge on any atom is 0.253 e. The molecule has 43 heavy (non-hydrogen) atoms. The van der Waals surface area contributed by atoms with Crippen LogP contribution in [0.25, 0.3) is 11.3 Å². The monoisotopic (exact) mass is 602 g/mol. The smallest absolute Gasteiger partial charge is 0.253 e. The Morgan fingerprint density at radius 3 is 2.44 bits per heavy atom. The summed E-state index contributed by atoms with van der Waals surface area (Å²) in [5.74, 6) is -1.12. The van der Waals surface area contributed by atoms with E-state index in [1.165, 1.54) is 18.2 Å². The molecule has 1 fully saturated rings. The number of nitrogens with one attached hydrogen (secondary N) is 1. The highest BCUT2D eigenvalue weighted by molar-refractivity contribution is 6.31. The Morgan fingerprint density at radius 2 is 1.72 bits per heavy atom. The van der Waals surface area contributed by atoms with Crippen LogP contribution in [0.15, 0.2) is 71.9 Å². The van der Waals surface area contributed by atoms with E-state index >= 15 is 0 Å². The van der Waals surface area contributed by atoms with Gasteiger partial charge in [0.05, 0.1) is 23.5 Å². The number of aliphatic imine (C=N–C) groups is 1. The van der Waals surface area contributed by atoms with Gasteiger partial charge in [-0.25, -0.2) is 18.7 Å². The molecule has 1 aromatic heterocycles. The Morgan fingerprint density at radius 1 is 1.00 bits per heavy atom. The van der Waals surface area contributed by atoms with Gasteiger partial charge in [-0.1, -0.05) is 37.2 Å². The molecule has 0 unspecified atom stereocenters. The van der Waals surface area contributed by atoms with E-state index < -0.39 is 11.6 Å². The van der Waals surface area contributed by atoms with Crippen LogP contribution in [0.1, 0.15) is 47.3 Å². The van der Waals surface area contributed by atoms with Crippen LogP contribution < -0.4 is 5.32 Å². The number of carbonyl (C=O) groups excluding carboxylic acids is 1. The molecule has 10 heteroatoms. The second kappa shape index (κ2) is 12.6. The number of benzene rings is 3. The number of hydrogen-bond acceptors (Lipinski definition) is 6. The fourth-order valence-corrected chi connectivity index (χ4v) is 5.72. The third kappa shape index (κ3) is 6.14. The van der Waals surface area contributed by atoms with Crippen molar-refractivity contribution < 1.29 is 13.6 Å². The molecular formula is C33H33ClF2N6O. The maximum absolute atomic E-state index is 14.8. The van der Waals surface area contributed by atoms with E-state index in [1.54, 1.807) is 30.5 Å². The fraction of sp³-hybridized carbons (Fsp3) is 0.273. The van der Waals surface area contributed by atoms with Crippen LogP contribution in [-0.4, -0.2) is 64.6 Å². The molecule has 0 aliphatic carbocycles. The van der Waals surface area contributed by atoms with Gasteiger partial charge in [-0.05, 0) is 69.4 Å². The van der Waals surface area contributed by atoms with Crippen LogP contribution in [0.3, 0.4) is 0 Å². The van der Waals surface area contributed by atoms with Gasteiger partial charge in [-0.2, -0.15) is 0 Å². The number of hydrogen-bond donors (Lipinski definition) is 1. The lowest BCUT2D eigenvalue weighted by atomic mass is 9.95. The zero-order chi connectivity index (χ0) is 29.4. The van der Waals surface area contributed by atoms with Crippen LogP contribution in [0, 0.1) is 11.6 Å². The normalized spacial score (nSPS) is 14.7. The molecule has 3 aromatic carbocycles. The van der Waals surface area contributed by atoms with Crippen molar-refractivity contribution in [3.63, 3.8) is 0 Å². The molecule has 3 heterocycles. The van der Waals surface area contributed by atoms with E-state index in [9.17, 15) is 13.6 Å². The Balaban J connectivity index is 0.00000368.